The van der Waals surface area contributed by atoms with Crippen LogP contribution < -0.4 is 11.1 Å². The Morgan fingerprint density at radius 3 is 2.71 bits per heavy atom. The summed E-state index contributed by atoms with van der Waals surface area (Å²) < 4.78 is 4.75. The van der Waals surface area contributed by atoms with E-state index in [1.54, 1.807) is 4.90 Å². The van der Waals surface area contributed by atoms with E-state index in [1.165, 1.54) is 7.11 Å². The normalized spacial score (nSPS) is 18.9. The summed E-state index contributed by atoms with van der Waals surface area (Å²) >= 11 is 0. The number of fused-ring (bicyclic) bond motifs is 1. The third-order valence-electron chi connectivity index (χ3n) is 3.93. The van der Waals surface area contributed by atoms with E-state index in [0.717, 1.165) is 24.1 Å². The first-order valence-electron chi connectivity index (χ1n) is 6.69. The Hall–Kier alpha value is -1.95. The number of aliphatic imine (C=N–C) groups is 1. The number of amides is 1. The molecular formula is C14H19ClN4O2. The molecule has 114 valence electrons. The molecule has 0 aromatic heterocycles. The molecule has 0 atom stereocenters. The van der Waals surface area contributed by atoms with E-state index in [4.69, 9.17) is 10.5 Å². The van der Waals surface area contributed by atoms with Crippen molar-refractivity contribution in [2.45, 2.75) is 18.5 Å². The fraction of sp³-hybridized carbons (Fsp3) is 0.429. The summed E-state index contributed by atoms with van der Waals surface area (Å²) in [7, 11) is 1.40. The van der Waals surface area contributed by atoms with Crippen LogP contribution in [0, 0.1) is 0 Å². The van der Waals surface area contributed by atoms with Gasteiger partial charge in [-0.2, -0.15) is 0 Å². The van der Waals surface area contributed by atoms with Crippen LogP contribution in [0.3, 0.4) is 0 Å². The first-order chi connectivity index (χ1) is 9.63. The molecule has 3 rings (SSSR count). The van der Waals surface area contributed by atoms with E-state index in [9.17, 15) is 4.79 Å². The topological polar surface area (TPSA) is 80.0 Å². The average molecular weight is 311 g/mol. The number of nitrogens with zero attached hydrogens (tertiary/aromatic N) is 2. The lowest BCUT2D eigenvalue weighted by Crippen LogP contribution is -2.52. The lowest BCUT2D eigenvalue weighted by atomic mass is 9.94. The van der Waals surface area contributed by atoms with Crippen LogP contribution in [0.1, 0.15) is 18.4 Å². The van der Waals surface area contributed by atoms with Crippen LogP contribution in [-0.2, 0) is 4.74 Å². The number of rotatable bonds is 0. The highest BCUT2D eigenvalue weighted by Gasteiger charge is 2.38. The van der Waals surface area contributed by atoms with Crippen LogP contribution in [0.4, 0.5) is 10.5 Å². The van der Waals surface area contributed by atoms with Gasteiger partial charge < -0.3 is 20.7 Å². The number of piperidine rings is 1. The molecule has 1 aromatic rings. The molecular weight excluding hydrogens is 292 g/mol. The smallest absolute Gasteiger partial charge is 0.409 e. The van der Waals surface area contributed by atoms with E-state index in [1.807, 2.05) is 24.3 Å². The lowest BCUT2D eigenvalue weighted by Gasteiger charge is -2.42. The summed E-state index contributed by atoms with van der Waals surface area (Å²) in [6, 6.07) is 7.88. The fourth-order valence-electron chi connectivity index (χ4n) is 2.81. The molecule has 0 unspecified atom stereocenters. The standard InChI is InChI=1S/C14H18N4O2.ClH/c1-20-13(19)18-8-6-14(7-9-18)16-11-5-3-2-4-10(11)12(15)17-14;/h2-5,16H,6-9H2,1H3,(H2,15,17);1H. The van der Waals surface area contributed by atoms with Crippen molar-refractivity contribution in [2.24, 2.45) is 10.7 Å². The Kier molecular flexibility index (Phi) is 4.27. The second kappa shape index (κ2) is 5.81. The highest BCUT2D eigenvalue weighted by atomic mass is 35.5. The number of carbonyl (C=O) groups excluding carboxylic acids is 1. The Bertz CT molecular complexity index is 568. The number of hydrogen-bond donors (Lipinski definition) is 2. The van der Waals surface area contributed by atoms with E-state index in [0.29, 0.717) is 18.9 Å². The van der Waals surface area contributed by atoms with E-state index in [2.05, 4.69) is 10.3 Å². The Labute approximate surface area is 129 Å². The Balaban J connectivity index is 0.00000161. The minimum Gasteiger partial charge on any atom is -0.453 e. The molecule has 0 aliphatic carbocycles. The number of carbonyl (C=O) groups is 1. The largest absolute Gasteiger partial charge is 0.453 e. The summed E-state index contributed by atoms with van der Waals surface area (Å²) in [5.41, 5.74) is 7.62. The average Bonchev–Trinajstić information content (AvgIpc) is 2.47. The van der Waals surface area contributed by atoms with Gasteiger partial charge in [0.05, 0.1) is 7.11 Å². The quantitative estimate of drug-likeness (QED) is 0.765. The molecule has 2 aliphatic rings. The van der Waals surface area contributed by atoms with Crippen molar-refractivity contribution < 1.29 is 9.53 Å². The van der Waals surface area contributed by atoms with Crippen molar-refractivity contribution in [3.63, 3.8) is 0 Å². The third kappa shape index (κ3) is 2.76. The SMILES string of the molecule is COC(=O)N1CCC2(CC1)N=C(N)c1ccccc1N2.Cl. The summed E-state index contributed by atoms with van der Waals surface area (Å²) in [4.78, 5) is 17.9. The number of nitrogens with one attached hydrogen (secondary N) is 1. The number of amidine groups is 1. The van der Waals surface area contributed by atoms with Gasteiger partial charge >= 0.3 is 6.09 Å². The molecule has 0 saturated carbocycles. The zero-order chi connectivity index (χ0) is 14.2. The maximum atomic E-state index is 11.5. The molecule has 6 nitrogen and oxygen atoms in total. The predicted octanol–water partition coefficient (Wildman–Crippen LogP) is 1.80. The van der Waals surface area contributed by atoms with Crippen molar-refractivity contribution in [1.82, 2.24) is 4.90 Å². The van der Waals surface area contributed by atoms with Crippen molar-refractivity contribution in [1.29, 1.82) is 0 Å². The Morgan fingerprint density at radius 1 is 1.38 bits per heavy atom. The maximum absolute atomic E-state index is 11.5. The van der Waals surface area contributed by atoms with E-state index in [-0.39, 0.29) is 18.5 Å². The van der Waals surface area contributed by atoms with Gasteiger partial charge in [-0.1, -0.05) is 12.1 Å². The molecule has 1 saturated heterocycles. The van der Waals surface area contributed by atoms with Gasteiger partial charge in [0.15, 0.2) is 0 Å². The molecule has 1 spiro atoms. The van der Waals surface area contributed by atoms with Crippen LogP contribution in [0.5, 0.6) is 0 Å². The van der Waals surface area contributed by atoms with Crippen LogP contribution in [-0.4, -0.2) is 42.7 Å². The molecule has 1 aromatic carbocycles. The van der Waals surface area contributed by atoms with Crippen LogP contribution >= 0.6 is 12.4 Å². The van der Waals surface area contributed by atoms with Crippen LogP contribution in [0.2, 0.25) is 0 Å². The van der Waals surface area contributed by atoms with Gasteiger partial charge in [-0.3, -0.25) is 0 Å². The van der Waals surface area contributed by atoms with Gasteiger partial charge in [-0.15, -0.1) is 12.4 Å². The van der Waals surface area contributed by atoms with Crippen molar-refractivity contribution in [2.75, 3.05) is 25.5 Å². The second-order valence-corrected chi connectivity index (χ2v) is 5.16. The van der Waals surface area contributed by atoms with Gasteiger partial charge in [0.25, 0.3) is 0 Å². The minimum atomic E-state index is -0.400. The van der Waals surface area contributed by atoms with Gasteiger partial charge in [0, 0.05) is 37.2 Å². The predicted molar refractivity (Wildman–Crippen MR) is 84.0 cm³/mol. The van der Waals surface area contributed by atoms with Gasteiger partial charge in [-0.25, -0.2) is 9.79 Å². The molecule has 2 aliphatic heterocycles. The highest BCUT2D eigenvalue weighted by molar-refractivity contribution is 6.04. The number of likely N-dealkylation sites (tertiary alicyclic amines) is 1. The molecule has 0 radical (unpaired) electrons. The first kappa shape index (κ1) is 15.4. The molecule has 3 N–H and O–H groups in total. The number of para-hydroxylation sites is 1. The second-order valence-electron chi connectivity index (χ2n) is 5.16. The molecule has 21 heavy (non-hydrogen) atoms. The molecule has 2 heterocycles. The summed E-state index contributed by atoms with van der Waals surface area (Å²) in [6.07, 6.45) is 1.15. The zero-order valence-corrected chi connectivity index (χ0v) is 12.7. The van der Waals surface area contributed by atoms with Crippen LogP contribution in [0.15, 0.2) is 29.3 Å². The summed E-state index contributed by atoms with van der Waals surface area (Å²) in [6.45, 7) is 1.22. The maximum Gasteiger partial charge on any atom is 0.409 e. The number of methoxy groups -OCH3 is 1. The molecule has 7 heteroatoms. The number of benzene rings is 1. The first-order valence-corrected chi connectivity index (χ1v) is 6.69. The molecule has 0 bridgehead atoms. The van der Waals surface area contributed by atoms with Crippen molar-refractivity contribution in [3.05, 3.63) is 29.8 Å². The summed E-state index contributed by atoms with van der Waals surface area (Å²) in [5.74, 6) is 0.561. The van der Waals surface area contributed by atoms with Crippen LogP contribution in [0.25, 0.3) is 0 Å². The number of nitrogens with two attached hydrogens (primary N) is 1. The minimum absolute atomic E-state index is 0. The van der Waals surface area contributed by atoms with E-state index < -0.39 is 5.66 Å². The van der Waals surface area contributed by atoms with E-state index >= 15 is 0 Å². The lowest BCUT2D eigenvalue weighted by molar-refractivity contribution is 0.104. The number of hydrogen-bond acceptors (Lipinski definition) is 5. The number of halogens is 1. The molecule has 1 fully saturated rings. The van der Waals surface area contributed by atoms with Gasteiger partial charge in [-0.05, 0) is 12.1 Å². The highest BCUT2D eigenvalue weighted by Crippen LogP contribution is 2.33. The number of ether oxygens (including phenoxy) is 1. The van der Waals surface area contributed by atoms with Gasteiger partial charge in [0.2, 0.25) is 0 Å². The Morgan fingerprint density at radius 2 is 2.05 bits per heavy atom. The monoisotopic (exact) mass is 310 g/mol. The third-order valence-corrected chi connectivity index (χ3v) is 3.93. The number of anilines is 1. The van der Waals surface area contributed by atoms with Crippen molar-refractivity contribution >= 4 is 30.0 Å². The fourth-order valence-corrected chi connectivity index (χ4v) is 2.81. The molecule has 1 amide bonds. The summed E-state index contributed by atoms with van der Waals surface area (Å²) in [5, 5.41) is 3.47. The van der Waals surface area contributed by atoms with Crippen molar-refractivity contribution in [3.8, 4) is 0 Å². The zero-order valence-electron chi connectivity index (χ0n) is 11.8. The van der Waals surface area contributed by atoms with Gasteiger partial charge in [0.1, 0.15) is 11.5 Å².